The molecular weight excluding hydrogens is 284 g/mol. The Morgan fingerprint density at radius 3 is 2.33 bits per heavy atom. The molecule has 4 heteroatoms. The third-order valence-electron chi connectivity index (χ3n) is 1.52. The second-order valence-corrected chi connectivity index (χ2v) is 4.08. The summed E-state index contributed by atoms with van der Waals surface area (Å²) in [6.07, 6.45) is 3.38. The van der Waals surface area contributed by atoms with Gasteiger partial charge in [0.1, 0.15) is 0 Å². The molecule has 0 saturated heterocycles. The maximum absolute atomic E-state index is 8.73. The summed E-state index contributed by atoms with van der Waals surface area (Å²) in [7, 11) is 0. The largest absolute Gasteiger partial charge is 0.262 e. The van der Waals surface area contributed by atoms with Gasteiger partial charge in [0.25, 0.3) is 0 Å². The first-order chi connectivity index (χ1) is 5.66. The molecule has 1 rings (SSSR count). The zero-order valence-corrected chi connectivity index (χ0v) is 9.55. The fraction of sp³-hybridized carbons (Fsp3) is 0.250. The standard InChI is InChI=1S/C8H6Br2N2/c1-5(2-11)8-6(9)3-12-4-7(8)10/h3-5H,1H3. The first kappa shape index (κ1) is 9.69. The van der Waals surface area contributed by atoms with Crippen LogP contribution in [0.25, 0.3) is 0 Å². The topological polar surface area (TPSA) is 36.7 Å². The van der Waals surface area contributed by atoms with Gasteiger partial charge in [0.15, 0.2) is 0 Å². The maximum Gasteiger partial charge on any atom is 0.0707 e. The second kappa shape index (κ2) is 4.01. The lowest BCUT2D eigenvalue weighted by Gasteiger charge is -2.07. The van der Waals surface area contributed by atoms with Crippen molar-refractivity contribution >= 4 is 31.9 Å². The Bertz CT molecular complexity index is 310. The minimum absolute atomic E-state index is 0.128. The highest BCUT2D eigenvalue weighted by atomic mass is 79.9. The van der Waals surface area contributed by atoms with Crippen LogP contribution < -0.4 is 0 Å². The van der Waals surface area contributed by atoms with Gasteiger partial charge in [0.05, 0.1) is 12.0 Å². The Hall–Kier alpha value is -0.400. The Morgan fingerprint density at radius 1 is 1.42 bits per heavy atom. The summed E-state index contributed by atoms with van der Waals surface area (Å²) < 4.78 is 1.73. The normalized spacial score (nSPS) is 12.2. The van der Waals surface area contributed by atoms with Gasteiger partial charge in [-0.15, -0.1) is 0 Å². The Labute approximate surface area is 87.9 Å². The van der Waals surface area contributed by atoms with Crippen molar-refractivity contribution in [3.63, 3.8) is 0 Å². The zero-order chi connectivity index (χ0) is 9.14. The molecule has 0 saturated carbocycles. The van der Waals surface area contributed by atoms with Crippen LogP contribution in [0.4, 0.5) is 0 Å². The molecule has 0 aliphatic rings. The van der Waals surface area contributed by atoms with Gasteiger partial charge >= 0.3 is 0 Å². The fourth-order valence-electron chi connectivity index (χ4n) is 0.900. The lowest BCUT2D eigenvalue weighted by molar-refractivity contribution is 0.956. The predicted octanol–water partition coefficient (Wildman–Crippen LogP) is 3.23. The number of hydrogen-bond acceptors (Lipinski definition) is 2. The summed E-state index contributed by atoms with van der Waals surface area (Å²) in [6.45, 7) is 1.85. The molecule has 0 aromatic carbocycles. The van der Waals surface area contributed by atoms with Crippen LogP contribution in [0, 0.1) is 11.3 Å². The Morgan fingerprint density at radius 2 is 1.92 bits per heavy atom. The van der Waals surface area contributed by atoms with Crippen molar-refractivity contribution in [2.45, 2.75) is 12.8 Å². The summed E-state index contributed by atoms with van der Waals surface area (Å²) in [4.78, 5) is 3.96. The molecular formula is C8H6Br2N2. The minimum Gasteiger partial charge on any atom is -0.262 e. The fourth-order valence-corrected chi connectivity index (χ4v) is 2.52. The molecule has 1 aromatic rings. The summed E-state index contributed by atoms with van der Waals surface area (Å²) in [5, 5.41) is 8.73. The van der Waals surface area contributed by atoms with Crippen LogP contribution in [0.15, 0.2) is 21.3 Å². The van der Waals surface area contributed by atoms with Gasteiger partial charge in [-0.2, -0.15) is 5.26 Å². The average Bonchev–Trinajstić information content (AvgIpc) is 2.03. The van der Waals surface area contributed by atoms with Crippen LogP contribution in [0.2, 0.25) is 0 Å². The van der Waals surface area contributed by atoms with Crippen LogP contribution >= 0.6 is 31.9 Å². The number of nitrogens with zero attached hydrogens (tertiary/aromatic N) is 2. The van der Waals surface area contributed by atoms with E-state index in [1.807, 2.05) is 6.92 Å². The van der Waals surface area contributed by atoms with Crippen molar-refractivity contribution in [2.24, 2.45) is 0 Å². The van der Waals surface area contributed by atoms with Gasteiger partial charge in [-0.05, 0) is 38.8 Å². The second-order valence-electron chi connectivity index (χ2n) is 2.37. The van der Waals surface area contributed by atoms with Crippen LogP contribution in [0.1, 0.15) is 18.4 Å². The summed E-state index contributed by atoms with van der Waals surface area (Å²) in [5.41, 5.74) is 0.951. The molecule has 1 unspecified atom stereocenters. The molecule has 0 bridgehead atoms. The lowest BCUT2D eigenvalue weighted by atomic mass is 10.1. The van der Waals surface area contributed by atoms with E-state index in [-0.39, 0.29) is 5.92 Å². The third-order valence-corrected chi connectivity index (χ3v) is 2.78. The maximum atomic E-state index is 8.73. The molecule has 12 heavy (non-hydrogen) atoms. The molecule has 1 aromatic heterocycles. The molecule has 1 atom stereocenters. The summed E-state index contributed by atoms with van der Waals surface area (Å²) in [5.74, 6) is -0.128. The smallest absolute Gasteiger partial charge is 0.0707 e. The lowest BCUT2D eigenvalue weighted by Crippen LogP contribution is -1.93. The van der Waals surface area contributed by atoms with E-state index in [1.165, 1.54) is 0 Å². The van der Waals surface area contributed by atoms with Crippen LogP contribution in [-0.2, 0) is 0 Å². The van der Waals surface area contributed by atoms with Crippen LogP contribution in [0.5, 0.6) is 0 Å². The van der Waals surface area contributed by atoms with Gasteiger partial charge in [0.2, 0.25) is 0 Å². The average molecular weight is 290 g/mol. The van der Waals surface area contributed by atoms with Crippen molar-refractivity contribution in [2.75, 3.05) is 0 Å². The molecule has 0 fully saturated rings. The first-order valence-corrected chi connectivity index (χ1v) is 4.94. The van der Waals surface area contributed by atoms with Gasteiger partial charge in [-0.25, -0.2) is 0 Å². The van der Waals surface area contributed by atoms with E-state index in [2.05, 4.69) is 42.9 Å². The van der Waals surface area contributed by atoms with E-state index in [0.717, 1.165) is 14.5 Å². The van der Waals surface area contributed by atoms with Crippen molar-refractivity contribution in [3.8, 4) is 6.07 Å². The quantitative estimate of drug-likeness (QED) is 0.796. The van der Waals surface area contributed by atoms with Crippen molar-refractivity contribution in [1.29, 1.82) is 5.26 Å². The Kier molecular flexibility index (Phi) is 3.24. The molecule has 0 aliphatic carbocycles. The predicted molar refractivity (Wildman–Crippen MR) is 53.7 cm³/mol. The van der Waals surface area contributed by atoms with E-state index in [0.29, 0.717) is 0 Å². The molecule has 0 amide bonds. The van der Waals surface area contributed by atoms with Crippen molar-refractivity contribution < 1.29 is 0 Å². The summed E-state index contributed by atoms with van der Waals surface area (Å²) in [6, 6.07) is 2.18. The third kappa shape index (κ3) is 1.85. The molecule has 0 radical (unpaired) electrons. The molecule has 0 aliphatic heterocycles. The number of rotatable bonds is 1. The highest BCUT2D eigenvalue weighted by molar-refractivity contribution is 9.11. The number of aromatic nitrogens is 1. The van der Waals surface area contributed by atoms with Crippen LogP contribution in [-0.4, -0.2) is 4.98 Å². The minimum atomic E-state index is -0.128. The van der Waals surface area contributed by atoms with Gasteiger partial charge < -0.3 is 0 Å². The van der Waals surface area contributed by atoms with E-state index in [1.54, 1.807) is 12.4 Å². The monoisotopic (exact) mass is 288 g/mol. The highest BCUT2D eigenvalue weighted by Crippen LogP contribution is 2.30. The number of nitriles is 1. The van der Waals surface area contributed by atoms with Crippen LogP contribution in [0.3, 0.4) is 0 Å². The molecule has 2 nitrogen and oxygen atoms in total. The highest BCUT2D eigenvalue weighted by Gasteiger charge is 2.11. The molecule has 0 N–H and O–H groups in total. The van der Waals surface area contributed by atoms with Gasteiger partial charge in [0, 0.05) is 26.9 Å². The number of pyridine rings is 1. The molecule has 62 valence electrons. The van der Waals surface area contributed by atoms with Gasteiger partial charge in [-0.3, -0.25) is 4.98 Å². The zero-order valence-electron chi connectivity index (χ0n) is 6.38. The number of hydrogen-bond donors (Lipinski definition) is 0. The Balaban J connectivity index is 3.23. The molecule has 0 spiro atoms. The van der Waals surface area contributed by atoms with Crippen molar-refractivity contribution in [1.82, 2.24) is 4.98 Å². The first-order valence-electron chi connectivity index (χ1n) is 3.35. The van der Waals surface area contributed by atoms with E-state index >= 15 is 0 Å². The van der Waals surface area contributed by atoms with E-state index in [4.69, 9.17) is 5.26 Å². The molecule has 1 heterocycles. The SMILES string of the molecule is CC(C#N)c1c(Br)cncc1Br. The van der Waals surface area contributed by atoms with Gasteiger partial charge in [-0.1, -0.05) is 0 Å². The number of halogens is 2. The van der Waals surface area contributed by atoms with Crippen molar-refractivity contribution in [3.05, 3.63) is 26.9 Å². The van der Waals surface area contributed by atoms with E-state index in [9.17, 15) is 0 Å². The summed E-state index contributed by atoms with van der Waals surface area (Å²) >= 11 is 6.69. The van der Waals surface area contributed by atoms with E-state index < -0.39 is 0 Å².